The zero-order chi connectivity index (χ0) is 13.9. The number of rotatable bonds is 5. The van der Waals surface area contributed by atoms with E-state index in [1.165, 1.54) is 18.9 Å². The van der Waals surface area contributed by atoms with Gasteiger partial charge in [0.1, 0.15) is 11.6 Å². The van der Waals surface area contributed by atoms with Crippen molar-refractivity contribution in [2.45, 2.75) is 19.4 Å². The molecule has 110 valence electrons. The monoisotopic (exact) mass is 342 g/mol. The van der Waals surface area contributed by atoms with Crippen LogP contribution in [-0.2, 0) is 6.54 Å². The summed E-state index contributed by atoms with van der Waals surface area (Å²) in [5, 5.41) is 3.33. The van der Waals surface area contributed by atoms with E-state index in [1.54, 1.807) is 6.07 Å². The quantitative estimate of drug-likeness (QED) is 0.890. The Morgan fingerprint density at radius 2 is 2.05 bits per heavy atom. The van der Waals surface area contributed by atoms with E-state index in [1.807, 2.05) is 0 Å². The summed E-state index contributed by atoms with van der Waals surface area (Å²) in [5.41, 5.74) is 0.944. The molecule has 0 unspecified atom stereocenters. The Morgan fingerprint density at radius 1 is 1.30 bits per heavy atom. The van der Waals surface area contributed by atoms with E-state index in [2.05, 4.69) is 26.1 Å². The van der Waals surface area contributed by atoms with E-state index in [-0.39, 0.29) is 5.82 Å². The minimum absolute atomic E-state index is 0.208. The second kappa shape index (κ2) is 6.41. The van der Waals surface area contributed by atoms with E-state index in [4.69, 9.17) is 4.74 Å². The highest BCUT2D eigenvalue weighted by atomic mass is 79.9. The topological polar surface area (TPSA) is 24.5 Å². The van der Waals surface area contributed by atoms with Crippen molar-refractivity contribution in [3.63, 3.8) is 0 Å². The van der Waals surface area contributed by atoms with Crippen molar-refractivity contribution in [1.29, 1.82) is 0 Å². The van der Waals surface area contributed by atoms with Crippen molar-refractivity contribution in [3.8, 4) is 5.75 Å². The Hall–Kier alpha value is -0.650. The third-order valence-electron chi connectivity index (χ3n) is 3.85. The standard InChI is InChI=1S/C15H20BrFN2O/c16-14-8-13(17)7-12(9-19-5-3-18-4-6-19)15(14)20-10-11-1-2-11/h7-8,11,18H,1-6,9-10H2. The van der Waals surface area contributed by atoms with E-state index in [9.17, 15) is 4.39 Å². The van der Waals surface area contributed by atoms with Crippen molar-refractivity contribution >= 4 is 15.9 Å². The summed E-state index contributed by atoms with van der Waals surface area (Å²) in [6.07, 6.45) is 2.51. The minimum Gasteiger partial charge on any atom is -0.492 e. The largest absolute Gasteiger partial charge is 0.492 e. The molecule has 1 aromatic rings. The highest BCUT2D eigenvalue weighted by molar-refractivity contribution is 9.10. The third-order valence-corrected chi connectivity index (χ3v) is 4.44. The van der Waals surface area contributed by atoms with Gasteiger partial charge in [0.2, 0.25) is 0 Å². The highest BCUT2D eigenvalue weighted by Gasteiger charge is 2.23. The normalized spacial score (nSPS) is 20.1. The van der Waals surface area contributed by atoms with Crippen molar-refractivity contribution in [2.75, 3.05) is 32.8 Å². The molecular formula is C15H20BrFN2O. The lowest BCUT2D eigenvalue weighted by atomic mass is 10.1. The summed E-state index contributed by atoms with van der Waals surface area (Å²) in [7, 11) is 0. The predicted molar refractivity (Wildman–Crippen MR) is 80.5 cm³/mol. The first-order valence-corrected chi connectivity index (χ1v) is 8.05. The first-order chi connectivity index (χ1) is 9.72. The maximum Gasteiger partial charge on any atom is 0.138 e. The Morgan fingerprint density at radius 3 is 2.75 bits per heavy atom. The van der Waals surface area contributed by atoms with E-state index in [0.717, 1.165) is 55.1 Å². The van der Waals surface area contributed by atoms with Crippen molar-refractivity contribution in [1.82, 2.24) is 10.2 Å². The molecule has 1 saturated carbocycles. The van der Waals surface area contributed by atoms with Gasteiger partial charge >= 0.3 is 0 Å². The molecule has 0 amide bonds. The van der Waals surface area contributed by atoms with Gasteiger partial charge in [-0.25, -0.2) is 4.39 Å². The molecule has 1 aromatic carbocycles. The molecule has 0 bridgehead atoms. The number of nitrogens with one attached hydrogen (secondary N) is 1. The third kappa shape index (κ3) is 3.71. The van der Waals surface area contributed by atoms with Crippen LogP contribution in [0.15, 0.2) is 16.6 Å². The summed E-state index contributed by atoms with van der Waals surface area (Å²) in [6, 6.07) is 3.10. The number of ether oxygens (including phenoxy) is 1. The lowest BCUT2D eigenvalue weighted by molar-refractivity contribution is 0.225. The van der Waals surface area contributed by atoms with Crippen LogP contribution in [0, 0.1) is 11.7 Å². The maximum absolute atomic E-state index is 13.7. The minimum atomic E-state index is -0.208. The van der Waals surface area contributed by atoms with Gasteiger partial charge in [-0.05, 0) is 46.8 Å². The van der Waals surface area contributed by atoms with Crippen LogP contribution in [-0.4, -0.2) is 37.7 Å². The molecule has 0 spiro atoms. The summed E-state index contributed by atoms with van der Waals surface area (Å²) < 4.78 is 20.3. The van der Waals surface area contributed by atoms with Crippen LogP contribution < -0.4 is 10.1 Å². The molecular weight excluding hydrogens is 323 g/mol. The van der Waals surface area contributed by atoms with Gasteiger partial charge < -0.3 is 10.1 Å². The summed E-state index contributed by atoms with van der Waals surface area (Å²) in [5.74, 6) is 1.30. The van der Waals surface area contributed by atoms with Crippen molar-refractivity contribution in [2.24, 2.45) is 5.92 Å². The molecule has 3 nitrogen and oxygen atoms in total. The van der Waals surface area contributed by atoms with Crippen molar-refractivity contribution < 1.29 is 9.13 Å². The Bertz CT molecular complexity index is 473. The lowest BCUT2D eigenvalue weighted by Gasteiger charge is -2.28. The maximum atomic E-state index is 13.7. The van der Waals surface area contributed by atoms with Gasteiger partial charge in [0.05, 0.1) is 11.1 Å². The smallest absolute Gasteiger partial charge is 0.138 e. The molecule has 2 fully saturated rings. The van der Waals surface area contributed by atoms with E-state index < -0.39 is 0 Å². The Balaban J connectivity index is 1.74. The summed E-state index contributed by atoms with van der Waals surface area (Å²) in [4.78, 5) is 2.34. The molecule has 1 aliphatic carbocycles. The number of hydrogen-bond donors (Lipinski definition) is 1. The lowest BCUT2D eigenvalue weighted by Crippen LogP contribution is -2.42. The van der Waals surface area contributed by atoms with Gasteiger partial charge in [-0.3, -0.25) is 4.90 Å². The number of halogens is 2. The van der Waals surface area contributed by atoms with Crippen LogP contribution in [0.3, 0.4) is 0 Å². The zero-order valence-electron chi connectivity index (χ0n) is 11.5. The molecule has 1 heterocycles. The van der Waals surface area contributed by atoms with Crippen LogP contribution in [0.5, 0.6) is 5.75 Å². The molecule has 0 aromatic heterocycles. The van der Waals surface area contributed by atoms with Crippen LogP contribution in [0.4, 0.5) is 4.39 Å². The molecule has 20 heavy (non-hydrogen) atoms. The van der Waals surface area contributed by atoms with Crippen LogP contribution in [0.25, 0.3) is 0 Å². The number of nitrogens with zero attached hydrogens (tertiary/aromatic N) is 1. The molecule has 2 aliphatic rings. The number of piperazine rings is 1. The first kappa shape index (κ1) is 14.3. The molecule has 1 aliphatic heterocycles. The fourth-order valence-corrected chi connectivity index (χ4v) is 3.08. The van der Waals surface area contributed by atoms with Gasteiger partial charge in [0.15, 0.2) is 0 Å². The van der Waals surface area contributed by atoms with E-state index >= 15 is 0 Å². The summed E-state index contributed by atoms with van der Waals surface area (Å²) in [6.45, 7) is 5.48. The average Bonchev–Trinajstić information content (AvgIpc) is 3.23. The zero-order valence-corrected chi connectivity index (χ0v) is 13.1. The van der Waals surface area contributed by atoms with Gasteiger partial charge in [-0.15, -0.1) is 0 Å². The van der Waals surface area contributed by atoms with Crippen LogP contribution >= 0.6 is 15.9 Å². The number of benzene rings is 1. The van der Waals surface area contributed by atoms with Gasteiger partial charge in [0.25, 0.3) is 0 Å². The number of hydrogen-bond acceptors (Lipinski definition) is 3. The van der Waals surface area contributed by atoms with Gasteiger partial charge in [-0.1, -0.05) is 0 Å². The molecule has 1 N–H and O–H groups in total. The van der Waals surface area contributed by atoms with Crippen LogP contribution in [0.1, 0.15) is 18.4 Å². The molecule has 0 atom stereocenters. The van der Waals surface area contributed by atoms with Crippen LogP contribution in [0.2, 0.25) is 0 Å². The first-order valence-electron chi connectivity index (χ1n) is 7.26. The molecule has 1 saturated heterocycles. The second-order valence-electron chi connectivity index (χ2n) is 5.66. The molecule has 3 rings (SSSR count). The predicted octanol–water partition coefficient (Wildman–Crippen LogP) is 2.78. The Labute approximate surface area is 127 Å². The molecule has 0 radical (unpaired) electrons. The SMILES string of the molecule is Fc1cc(Br)c(OCC2CC2)c(CN2CCNCC2)c1. The average molecular weight is 343 g/mol. The van der Waals surface area contributed by atoms with Crippen molar-refractivity contribution in [3.05, 3.63) is 28.0 Å². The fraction of sp³-hybridized carbons (Fsp3) is 0.600. The van der Waals surface area contributed by atoms with E-state index in [0.29, 0.717) is 5.92 Å². The molecule has 5 heteroatoms. The summed E-state index contributed by atoms with van der Waals surface area (Å²) >= 11 is 3.44. The van der Waals surface area contributed by atoms with Gasteiger partial charge in [0, 0.05) is 38.3 Å². The Kier molecular flexibility index (Phi) is 4.58. The fourth-order valence-electron chi connectivity index (χ4n) is 2.49. The second-order valence-corrected chi connectivity index (χ2v) is 6.51. The highest BCUT2D eigenvalue weighted by Crippen LogP contribution is 2.35. The van der Waals surface area contributed by atoms with Gasteiger partial charge in [-0.2, -0.15) is 0 Å².